The van der Waals surface area contributed by atoms with Gasteiger partial charge in [-0.15, -0.1) is 0 Å². The lowest BCUT2D eigenvalue weighted by Crippen LogP contribution is -1.96. The zero-order valence-corrected chi connectivity index (χ0v) is 18.8. The summed E-state index contributed by atoms with van der Waals surface area (Å²) in [6.07, 6.45) is 4.38. The highest BCUT2D eigenvalue weighted by Crippen LogP contribution is 2.45. The number of rotatable bonds is 3. The summed E-state index contributed by atoms with van der Waals surface area (Å²) in [5, 5.41) is 4.82. The van der Waals surface area contributed by atoms with Gasteiger partial charge in [0.05, 0.1) is 0 Å². The van der Waals surface area contributed by atoms with E-state index in [9.17, 15) is 0 Å². The molecule has 0 N–H and O–H groups in total. The molecule has 5 aromatic carbocycles. The second-order valence-corrected chi connectivity index (χ2v) is 8.48. The molecule has 1 aromatic heterocycles. The van der Waals surface area contributed by atoms with Crippen LogP contribution in [0.25, 0.3) is 61.0 Å². The second kappa shape index (κ2) is 7.79. The summed E-state index contributed by atoms with van der Waals surface area (Å²) in [4.78, 5) is 0. The molecule has 0 saturated carbocycles. The number of hydrogen-bond acceptors (Lipinski definition) is 1. The van der Waals surface area contributed by atoms with Crippen molar-refractivity contribution in [3.8, 4) is 22.3 Å². The van der Waals surface area contributed by atoms with Crippen molar-refractivity contribution < 1.29 is 4.42 Å². The molecule has 0 aliphatic carbocycles. The fourth-order valence-electron chi connectivity index (χ4n) is 5.17. The molecule has 0 saturated heterocycles. The van der Waals surface area contributed by atoms with Gasteiger partial charge in [-0.3, -0.25) is 0 Å². The Morgan fingerprint density at radius 1 is 0.606 bits per heavy atom. The predicted octanol–water partition coefficient (Wildman–Crippen LogP) is 9.41. The Kier molecular flexibility index (Phi) is 4.62. The van der Waals surface area contributed by atoms with Crippen LogP contribution in [0, 0.1) is 6.92 Å². The molecule has 0 fully saturated rings. The Hall–Kier alpha value is -4.10. The van der Waals surface area contributed by atoms with Crippen LogP contribution in [0.5, 0.6) is 0 Å². The summed E-state index contributed by atoms with van der Waals surface area (Å²) in [5.41, 5.74) is 9.29. The van der Waals surface area contributed by atoms with Crippen LogP contribution in [0.3, 0.4) is 0 Å². The van der Waals surface area contributed by atoms with E-state index in [-0.39, 0.29) is 0 Å². The number of furan rings is 1. The Bertz CT molecular complexity index is 1670. The first kappa shape index (κ1) is 19.6. The van der Waals surface area contributed by atoms with Crippen LogP contribution >= 0.6 is 0 Å². The van der Waals surface area contributed by atoms with E-state index in [0.29, 0.717) is 0 Å². The van der Waals surface area contributed by atoms with Gasteiger partial charge >= 0.3 is 0 Å². The fourth-order valence-corrected chi connectivity index (χ4v) is 5.17. The number of allylic oxidation sites excluding steroid dienone is 1. The topological polar surface area (TPSA) is 13.1 Å². The molecule has 1 heteroatoms. The van der Waals surface area contributed by atoms with E-state index >= 15 is 0 Å². The van der Waals surface area contributed by atoms with Crippen molar-refractivity contribution in [2.45, 2.75) is 13.8 Å². The van der Waals surface area contributed by atoms with E-state index in [1.165, 1.54) is 38.6 Å². The van der Waals surface area contributed by atoms with Crippen LogP contribution in [-0.2, 0) is 0 Å². The van der Waals surface area contributed by atoms with Gasteiger partial charge in [-0.1, -0.05) is 103 Å². The first-order valence-electron chi connectivity index (χ1n) is 11.4. The molecule has 0 spiro atoms. The molecule has 0 aliphatic rings. The summed E-state index contributed by atoms with van der Waals surface area (Å²) >= 11 is 0. The number of hydrogen-bond donors (Lipinski definition) is 0. The third-order valence-electron chi connectivity index (χ3n) is 6.58. The molecule has 0 radical (unpaired) electrons. The standard InChI is InChI=1S/C32H24O/c1-3-12-23-21(2)30(25-16-7-8-17-26(25)31(23)22-13-5-4-6-14-22)28-19-11-18-27-24-15-9-10-20-29(24)33-32(27)28/h3-20H,1-2H3/b12-3-. The lowest BCUT2D eigenvalue weighted by molar-refractivity contribution is 0.670. The summed E-state index contributed by atoms with van der Waals surface area (Å²) in [5.74, 6) is 0. The van der Waals surface area contributed by atoms with Gasteiger partial charge in [0.2, 0.25) is 0 Å². The predicted molar refractivity (Wildman–Crippen MR) is 142 cm³/mol. The van der Waals surface area contributed by atoms with Gasteiger partial charge in [-0.2, -0.15) is 0 Å². The minimum absolute atomic E-state index is 0.927. The Balaban J connectivity index is 1.79. The van der Waals surface area contributed by atoms with Gasteiger partial charge in [-0.25, -0.2) is 0 Å². The first-order valence-corrected chi connectivity index (χ1v) is 11.4. The maximum atomic E-state index is 6.44. The van der Waals surface area contributed by atoms with E-state index in [1.54, 1.807) is 0 Å². The van der Waals surface area contributed by atoms with Gasteiger partial charge in [0.25, 0.3) is 0 Å². The smallest absolute Gasteiger partial charge is 0.143 e. The molecule has 0 atom stereocenters. The normalized spacial score (nSPS) is 11.8. The fraction of sp³-hybridized carbons (Fsp3) is 0.0625. The van der Waals surface area contributed by atoms with Gasteiger partial charge < -0.3 is 4.42 Å². The van der Waals surface area contributed by atoms with Crippen LogP contribution in [0.2, 0.25) is 0 Å². The molecule has 1 heterocycles. The summed E-state index contributed by atoms with van der Waals surface area (Å²) < 4.78 is 6.44. The van der Waals surface area contributed by atoms with Crippen molar-refractivity contribution in [2.24, 2.45) is 0 Å². The van der Waals surface area contributed by atoms with Crippen molar-refractivity contribution >= 4 is 38.8 Å². The highest BCUT2D eigenvalue weighted by molar-refractivity contribution is 6.15. The molecular weight excluding hydrogens is 400 g/mol. The van der Waals surface area contributed by atoms with Gasteiger partial charge in [0.1, 0.15) is 11.2 Å². The highest BCUT2D eigenvalue weighted by Gasteiger charge is 2.20. The SMILES string of the molecule is C/C=C\c1c(C)c(-c2cccc3c2oc2ccccc23)c2ccccc2c1-c1ccccc1. The minimum atomic E-state index is 0.927. The van der Waals surface area contributed by atoms with Crippen LogP contribution in [0.1, 0.15) is 18.1 Å². The Morgan fingerprint density at radius 2 is 1.24 bits per heavy atom. The van der Waals surface area contributed by atoms with Crippen LogP contribution < -0.4 is 0 Å². The van der Waals surface area contributed by atoms with E-state index in [2.05, 4.69) is 111 Å². The largest absolute Gasteiger partial charge is 0.455 e. The quantitative estimate of drug-likeness (QED) is 0.276. The van der Waals surface area contributed by atoms with Gasteiger partial charge in [-0.05, 0) is 58.5 Å². The van der Waals surface area contributed by atoms with Crippen molar-refractivity contribution in [1.29, 1.82) is 0 Å². The maximum absolute atomic E-state index is 6.44. The minimum Gasteiger partial charge on any atom is -0.455 e. The number of fused-ring (bicyclic) bond motifs is 4. The average Bonchev–Trinajstić information content (AvgIpc) is 3.25. The maximum Gasteiger partial charge on any atom is 0.143 e. The Labute approximate surface area is 193 Å². The lowest BCUT2D eigenvalue weighted by atomic mass is 9.83. The lowest BCUT2D eigenvalue weighted by Gasteiger charge is -2.20. The molecule has 33 heavy (non-hydrogen) atoms. The van der Waals surface area contributed by atoms with Crippen molar-refractivity contribution in [3.63, 3.8) is 0 Å². The van der Waals surface area contributed by atoms with E-state index in [4.69, 9.17) is 4.42 Å². The molecule has 0 bridgehead atoms. The van der Waals surface area contributed by atoms with Crippen LogP contribution in [0.15, 0.2) is 108 Å². The molecule has 1 nitrogen and oxygen atoms in total. The third-order valence-corrected chi connectivity index (χ3v) is 6.58. The molecular formula is C32H24O. The van der Waals surface area contributed by atoms with Gasteiger partial charge in [0, 0.05) is 16.3 Å². The summed E-state index contributed by atoms with van der Waals surface area (Å²) in [6, 6.07) is 34.3. The highest BCUT2D eigenvalue weighted by atomic mass is 16.3. The third kappa shape index (κ3) is 3.01. The molecule has 0 unspecified atom stereocenters. The van der Waals surface area contributed by atoms with Crippen molar-refractivity contribution in [2.75, 3.05) is 0 Å². The van der Waals surface area contributed by atoms with Crippen molar-refractivity contribution in [3.05, 3.63) is 114 Å². The first-order chi connectivity index (χ1) is 16.3. The van der Waals surface area contributed by atoms with Crippen molar-refractivity contribution in [1.82, 2.24) is 0 Å². The molecule has 0 aliphatic heterocycles. The number of para-hydroxylation sites is 2. The van der Waals surface area contributed by atoms with Crippen LogP contribution in [0.4, 0.5) is 0 Å². The molecule has 158 valence electrons. The Morgan fingerprint density at radius 3 is 2.00 bits per heavy atom. The monoisotopic (exact) mass is 424 g/mol. The zero-order valence-electron chi connectivity index (χ0n) is 18.8. The zero-order chi connectivity index (χ0) is 22.4. The molecule has 0 amide bonds. The summed E-state index contributed by atoms with van der Waals surface area (Å²) in [6.45, 7) is 4.33. The van der Waals surface area contributed by atoms with Gasteiger partial charge in [0.15, 0.2) is 0 Å². The van der Waals surface area contributed by atoms with E-state index in [1.807, 2.05) is 12.1 Å². The number of benzene rings is 5. The van der Waals surface area contributed by atoms with E-state index < -0.39 is 0 Å². The molecule has 6 rings (SSSR count). The molecule has 6 aromatic rings. The average molecular weight is 425 g/mol. The second-order valence-electron chi connectivity index (χ2n) is 8.48. The van der Waals surface area contributed by atoms with E-state index in [0.717, 1.165) is 27.5 Å². The van der Waals surface area contributed by atoms with Crippen LogP contribution in [-0.4, -0.2) is 0 Å². The summed E-state index contributed by atoms with van der Waals surface area (Å²) in [7, 11) is 0.